The van der Waals surface area contributed by atoms with Gasteiger partial charge in [-0.1, -0.05) is 30.3 Å². The summed E-state index contributed by atoms with van der Waals surface area (Å²) < 4.78 is 6.66. The molecule has 0 aliphatic heterocycles. The Kier molecular flexibility index (Phi) is 3.85. The first-order valence-corrected chi connectivity index (χ1v) is 5.47. The molecular weight excluding hydrogens is 234 g/mol. The monoisotopic (exact) mass is 247 g/mol. The number of carbonyl (C=O) groups is 1. The van der Waals surface area contributed by atoms with Gasteiger partial charge >= 0.3 is 6.09 Å². The van der Waals surface area contributed by atoms with Gasteiger partial charge < -0.3 is 10.5 Å². The lowest BCUT2D eigenvalue weighted by molar-refractivity contribution is 0.0975. The van der Waals surface area contributed by atoms with Gasteiger partial charge in [-0.25, -0.2) is 9.48 Å². The van der Waals surface area contributed by atoms with Crippen LogP contribution in [0.2, 0.25) is 0 Å². The highest BCUT2D eigenvalue weighted by Gasteiger charge is 2.15. The van der Waals surface area contributed by atoms with E-state index in [0.717, 1.165) is 5.56 Å². The van der Waals surface area contributed by atoms with Crippen LogP contribution in [-0.4, -0.2) is 26.3 Å². The number of hydrogen-bond acceptors (Lipinski definition) is 5. The van der Waals surface area contributed by atoms with Crippen molar-refractivity contribution >= 4 is 6.09 Å². The van der Waals surface area contributed by atoms with E-state index in [1.165, 1.54) is 6.33 Å². The fourth-order valence-electron chi connectivity index (χ4n) is 1.63. The Balaban J connectivity index is 2.03. The first-order chi connectivity index (χ1) is 8.75. The first-order valence-electron chi connectivity index (χ1n) is 5.47. The van der Waals surface area contributed by atoms with Crippen LogP contribution in [0.1, 0.15) is 18.1 Å². The van der Waals surface area contributed by atoms with Crippen LogP contribution in [0.25, 0.3) is 0 Å². The quantitative estimate of drug-likeness (QED) is 0.846. The maximum Gasteiger partial charge on any atom is 0.405 e. The van der Waals surface area contributed by atoms with Crippen molar-refractivity contribution in [2.75, 3.05) is 0 Å². The van der Waals surface area contributed by atoms with Crippen molar-refractivity contribution in [3.8, 4) is 0 Å². The molecule has 0 fully saturated rings. The van der Waals surface area contributed by atoms with Crippen molar-refractivity contribution in [2.24, 2.45) is 5.73 Å². The van der Waals surface area contributed by atoms with Crippen LogP contribution >= 0.6 is 0 Å². The van der Waals surface area contributed by atoms with Crippen molar-refractivity contribution in [3.63, 3.8) is 0 Å². The van der Waals surface area contributed by atoms with E-state index in [4.69, 9.17) is 10.5 Å². The predicted molar refractivity (Wildman–Crippen MR) is 62.3 cm³/mol. The van der Waals surface area contributed by atoms with Crippen LogP contribution in [0.15, 0.2) is 36.7 Å². The Labute approximate surface area is 104 Å². The summed E-state index contributed by atoms with van der Waals surface area (Å²) in [5.41, 5.74) is 5.96. The van der Waals surface area contributed by atoms with E-state index in [9.17, 15) is 4.79 Å². The maximum absolute atomic E-state index is 10.9. The summed E-state index contributed by atoms with van der Waals surface area (Å²) in [7, 11) is 0. The molecule has 18 heavy (non-hydrogen) atoms. The van der Waals surface area contributed by atoms with E-state index in [2.05, 4.69) is 15.5 Å². The number of rotatable bonds is 5. The zero-order valence-electron chi connectivity index (χ0n) is 9.64. The molecule has 0 saturated heterocycles. The molecule has 2 N–H and O–H groups in total. The van der Waals surface area contributed by atoms with Gasteiger partial charge in [0.1, 0.15) is 12.4 Å². The third-order valence-corrected chi connectivity index (χ3v) is 2.44. The summed E-state index contributed by atoms with van der Waals surface area (Å²) in [4.78, 5) is 10.9. The number of primary amides is 1. The molecular formula is C11H13N5O2. The summed E-state index contributed by atoms with van der Waals surface area (Å²) in [6.07, 6.45) is 0.873. The minimum Gasteiger partial charge on any atom is -0.441 e. The maximum atomic E-state index is 10.9. The molecule has 7 heteroatoms. The molecule has 1 aromatic heterocycles. The Morgan fingerprint density at radius 1 is 1.39 bits per heavy atom. The second-order valence-corrected chi connectivity index (χ2v) is 3.70. The van der Waals surface area contributed by atoms with Gasteiger partial charge in [-0.3, -0.25) is 0 Å². The van der Waals surface area contributed by atoms with E-state index in [1.54, 1.807) is 4.68 Å². The average Bonchev–Trinajstić information content (AvgIpc) is 2.88. The summed E-state index contributed by atoms with van der Waals surface area (Å²) in [6.45, 7) is 0.542. The lowest BCUT2D eigenvalue weighted by Crippen LogP contribution is -2.18. The van der Waals surface area contributed by atoms with Crippen molar-refractivity contribution < 1.29 is 9.53 Å². The molecule has 94 valence electrons. The molecule has 7 nitrogen and oxygen atoms in total. The van der Waals surface area contributed by atoms with Gasteiger partial charge in [-0.15, -0.1) is 5.10 Å². The van der Waals surface area contributed by atoms with Gasteiger partial charge in [0.2, 0.25) is 0 Å². The number of hydrogen-bond donors (Lipinski definition) is 1. The molecule has 0 radical (unpaired) electrons. The van der Waals surface area contributed by atoms with E-state index in [0.29, 0.717) is 13.0 Å². The fraction of sp³-hybridized carbons (Fsp3) is 0.273. The zero-order valence-corrected chi connectivity index (χ0v) is 9.64. The number of nitrogens with zero attached hydrogens (tertiary/aromatic N) is 4. The molecule has 2 aromatic rings. The van der Waals surface area contributed by atoms with Crippen LogP contribution in [0.5, 0.6) is 0 Å². The van der Waals surface area contributed by atoms with E-state index < -0.39 is 12.2 Å². The van der Waals surface area contributed by atoms with Crippen molar-refractivity contribution in [3.05, 3.63) is 42.2 Å². The van der Waals surface area contributed by atoms with Crippen molar-refractivity contribution in [1.82, 2.24) is 20.2 Å². The molecule has 2 rings (SSSR count). The van der Waals surface area contributed by atoms with Gasteiger partial charge in [0, 0.05) is 13.0 Å². The largest absolute Gasteiger partial charge is 0.441 e. The molecule has 1 heterocycles. The van der Waals surface area contributed by atoms with Crippen LogP contribution in [0, 0.1) is 0 Å². The SMILES string of the molecule is NC(=O)OC(CCn1cnnn1)c1ccccc1. The molecule has 1 amide bonds. The number of aromatic nitrogens is 4. The summed E-state index contributed by atoms with van der Waals surface area (Å²) in [6, 6.07) is 9.42. The van der Waals surface area contributed by atoms with Crippen LogP contribution in [0.3, 0.4) is 0 Å². The summed E-state index contributed by atoms with van der Waals surface area (Å²) >= 11 is 0. The Morgan fingerprint density at radius 3 is 2.78 bits per heavy atom. The highest BCUT2D eigenvalue weighted by Crippen LogP contribution is 2.21. The van der Waals surface area contributed by atoms with E-state index in [-0.39, 0.29) is 0 Å². The number of aryl methyl sites for hydroxylation is 1. The fourth-order valence-corrected chi connectivity index (χ4v) is 1.63. The van der Waals surface area contributed by atoms with Crippen LogP contribution in [0.4, 0.5) is 4.79 Å². The Bertz CT molecular complexity index is 485. The molecule has 0 saturated carbocycles. The second kappa shape index (κ2) is 5.76. The molecule has 0 aliphatic carbocycles. The number of ether oxygens (including phenoxy) is 1. The molecule has 0 bridgehead atoms. The minimum atomic E-state index is -0.791. The van der Waals surface area contributed by atoms with Gasteiger partial charge in [0.15, 0.2) is 0 Å². The Morgan fingerprint density at radius 2 is 2.17 bits per heavy atom. The smallest absolute Gasteiger partial charge is 0.405 e. The molecule has 1 atom stereocenters. The van der Waals surface area contributed by atoms with Crippen LogP contribution in [-0.2, 0) is 11.3 Å². The van der Waals surface area contributed by atoms with Crippen LogP contribution < -0.4 is 5.73 Å². The molecule has 0 spiro atoms. The van der Waals surface area contributed by atoms with Gasteiger partial charge in [0.25, 0.3) is 0 Å². The highest BCUT2D eigenvalue weighted by molar-refractivity contribution is 5.65. The van der Waals surface area contributed by atoms with Gasteiger partial charge in [-0.2, -0.15) is 0 Å². The van der Waals surface area contributed by atoms with E-state index in [1.807, 2.05) is 30.3 Å². The number of tetrazole rings is 1. The number of benzene rings is 1. The van der Waals surface area contributed by atoms with Crippen molar-refractivity contribution in [2.45, 2.75) is 19.1 Å². The van der Waals surface area contributed by atoms with E-state index >= 15 is 0 Å². The number of amides is 1. The second-order valence-electron chi connectivity index (χ2n) is 3.70. The van der Waals surface area contributed by atoms with Gasteiger partial charge in [-0.05, 0) is 16.0 Å². The third kappa shape index (κ3) is 3.27. The minimum absolute atomic E-state index is 0.395. The number of carbonyl (C=O) groups excluding carboxylic acids is 1. The standard InChI is InChI=1S/C11H13N5O2/c12-11(17)18-10(9-4-2-1-3-5-9)6-7-16-8-13-14-15-16/h1-5,8,10H,6-7H2,(H2,12,17). The summed E-state index contributed by atoms with van der Waals surface area (Å²) in [5.74, 6) is 0. The molecule has 1 unspecified atom stereocenters. The third-order valence-electron chi connectivity index (χ3n) is 2.44. The normalized spacial score (nSPS) is 12.0. The number of nitrogens with two attached hydrogens (primary N) is 1. The topological polar surface area (TPSA) is 95.9 Å². The Hall–Kier alpha value is -2.44. The van der Waals surface area contributed by atoms with Gasteiger partial charge in [0.05, 0.1) is 0 Å². The van der Waals surface area contributed by atoms with Crippen molar-refractivity contribution in [1.29, 1.82) is 0 Å². The molecule has 0 aliphatic rings. The average molecular weight is 247 g/mol. The molecule has 1 aromatic carbocycles. The predicted octanol–water partition coefficient (Wildman–Crippen LogP) is 0.900. The zero-order chi connectivity index (χ0) is 12.8. The highest BCUT2D eigenvalue weighted by atomic mass is 16.6. The lowest BCUT2D eigenvalue weighted by atomic mass is 10.1. The first kappa shape index (κ1) is 12.0. The lowest BCUT2D eigenvalue weighted by Gasteiger charge is -2.16. The summed E-state index contributed by atoms with van der Waals surface area (Å²) in [5, 5.41) is 10.8.